The van der Waals surface area contributed by atoms with E-state index in [0.29, 0.717) is 5.82 Å². The molecule has 0 amide bonds. The van der Waals surface area contributed by atoms with Crippen molar-refractivity contribution in [1.82, 2.24) is 24.8 Å². The summed E-state index contributed by atoms with van der Waals surface area (Å²) in [6.45, 7) is 8.04. The summed E-state index contributed by atoms with van der Waals surface area (Å²) in [5, 5.41) is 4.57. The lowest BCUT2D eigenvalue weighted by Gasteiger charge is -2.36. The molecule has 1 N–H and O–H groups in total. The number of thiazole rings is 1. The maximum Gasteiger partial charge on any atom is 0.293 e. The van der Waals surface area contributed by atoms with Crippen LogP contribution in [0.2, 0.25) is 0 Å². The van der Waals surface area contributed by atoms with E-state index in [0.717, 1.165) is 55.8 Å². The van der Waals surface area contributed by atoms with E-state index in [4.69, 9.17) is 0 Å². The zero-order valence-electron chi connectivity index (χ0n) is 16.4. The van der Waals surface area contributed by atoms with E-state index < -0.39 is 0 Å². The molecule has 1 fully saturated rings. The molecule has 3 heterocycles. The Morgan fingerprint density at radius 3 is 2.67 bits per heavy atom. The summed E-state index contributed by atoms with van der Waals surface area (Å²) in [5.74, 6) is 1.43. The number of hydrogen-bond donors (Lipinski definition) is 1. The van der Waals surface area contributed by atoms with Gasteiger partial charge in [-0.2, -0.15) is 0 Å². The number of nitrogens with one attached hydrogen (secondary N) is 1. The van der Waals surface area contributed by atoms with Gasteiger partial charge in [-0.05, 0) is 13.8 Å². The number of aliphatic imine (C=N–C) groups is 1. The van der Waals surface area contributed by atoms with Crippen molar-refractivity contribution in [2.24, 2.45) is 12.0 Å². The molecule has 3 rings (SSSR count). The van der Waals surface area contributed by atoms with Crippen LogP contribution in [-0.4, -0.2) is 65.2 Å². The van der Waals surface area contributed by atoms with Crippen molar-refractivity contribution in [3.8, 4) is 0 Å². The summed E-state index contributed by atoms with van der Waals surface area (Å²) in [6.07, 6.45) is 4.30. The fourth-order valence-corrected chi connectivity index (χ4v) is 4.19. The maximum absolute atomic E-state index is 12.2. The molecule has 0 aliphatic carbocycles. The number of aryl methyl sites for hydroxylation is 3. The summed E-state index contributed by atoms with van der Waals surface area (Å²) >= 11 is 1.76. The van der Waals surface area contributed by atoms with Crippen LogP contribution in [0.1, 0.15) is 15.6 Å². The Kier molecular flexibility index (Phi) is 6.10. The van der Waals surface area contributed by atoms with E-state index in [1.807, 2.05) is 14.0 Å². The van der Waals surface area contributed by atoms with E-state index in [1.54, 1.807) is 35.3 Å². The minimum Gasteiger partial charge on any atom is -0.356 e. The smallest absolute Gasteiger partial charge is 0.293 e. The fraction of sp³-hybridized carbons (Fsp3) is 0.556. The highest BCUT2D eigenvalue weighted by Crippen LogP contribution is 2.17. The van der Waals surface area contributed by atoms with Crippen LogP contribution in [0.25, 0.3) is 0 Å². The molecular formula is C18H27N7OS. The lowest BCUT2D eigenvalue weighted by atomic mass is 10.3. The zero-order valence-corrected chi connectivity index (χ0v) is 17.2. The Morgan fingerprint density at radius 1 is 1.30 bits per heavy atom. The fourth-order valence-electron chi connectivity index (χ4n) is 3.26. The normalized spacial score (nSPS) is 15.3. The number of piperazine rings is 1. The van der Waals surface area contributed by atoms with Crippen molar-refractivity contribution in [3.05, 3.63) is 38.3 Å². The maximum atomic E-state index is 12.2. The average molecular weight is 390 g/mol. The molecule has 0 spiro atoms. The molecule has 0 aromatic carbocycles. The summed E-state index contributed by atoms with van der Waals surface area (Å²) in [4.78, 5) is 31.0. The van der Waals surface area contributed by atoms with Gasteiger partial charge in [0.25, 0.3) is 5.56 Å². The third-order valence-electron chi connectivity index (χ3n) is 4.72. The third-order valence-corrected chi connectivity index (χ3v) is 5.86. The molecule has 1 saturated heterocycles. The van der Waals surface area contributed by atoms with Gasteiger partial charge in [-0.1, -0.05) is 0 Å². The molecule has 0 unspecified atom stereocenters. The quantitative estimate of drug-likeness (QED) is 0.615. The highest BCUT2D eigenvalue weighted by atomic mass is 32.1. The van der Waals surface area contributed by atoms with Gasteiger partial charge < -0.3 is 19.7 Å². The van der Waals surface area contributed by atoms with Crippen LogP contribution < -0.4 is 15.8 Å². The molecular weight excluding hydrogens is 362 g/mol. The summed E-state index contributed by atoms with van der Waals surface area (Å²) in [6, 6.07) is 0. The second-order valence-electron chi connectivity index (χ2n) is 6.61. The van der Waals surface area contributed by atoms with E-state index in [9.17, 15) is 4.79 Å². The predicted octanol–water partition coefficient (Wildman–Crippen LogP) is 0.794. The molecule has 0 atom stereocenters. The topological polar surface area (TPSA) is 78.7 Å². The third kappa shape index (κ3) is 4.47. The zero-order chi connectivity index (χ0) is 19.4. The van der Waals surface area contributed by atoms with Gasteiger partial charge >= 0.3 is 0 Å². The Balaban J connectivity index is 1.53. The minimum atomic E-state index is -0.0522. The summed E-state index contributed by atoms with van der Waals surface area (Å²) < 4.78 is 1.57. The molecule has 1 aliphatic heterocycles. The van der Waals surface area contributed by atoms with Crippen LogP contribution in [0.3, 0.4) is 0 Å². The number of anilines is 1. The molecule has 27 heavy (non-hydrogen) atoms. The highest BCUT2D eigenvalue weighted by molar-refractivity contribution is 7.11. The van der Waals surface area contributed by atoms with E-state index in [-0.39, 0.29) is 5.56 Å². The van der Waals surface area contributed by atoms with Crippen LogP contribution in [0, 0.1) is 13.8 Å². The van der Waals surface area contributed by atoms with Crippen molar-refractivity contribution in [3.63, 3.8) is 0 Å². The predicted molar refractivity (Wildman–Crippen MR) is 110 cm³/mol. The van der Waals surface area contributed by atoms with Gasteiger partial charge in [-0.3, -0.25) is 9.79 Å². The van der Waals surface area contributed by atoms with Crippen molar-refractivity contribution in [2.75, 3.05) is 44.7 Å². The number of aromatic nitrogens is 3. The van der Waals surface area contributed by atoms with Crippen LogP contribution in [0.5, 0.6) is 0 Å². The lowest BCUT2D eigenvalue weighted by molar-refractivity contribution is 0.371. The Labute approximate surface area is 163 Å². The van der Waals surface area contributed by atoms with Crippen molar-refractivity contribution in [1.29, 1.82) is 0 Å². The number of nitrogens with zero attached hydrogens (tertiary/aromatic N) is 6. The van der Waals surface area contributed by atoms with E-state index >= 15 is 0 Å². The van der Waals surface area contributed by atoms with Crippen LogP contribution >= 0.6 is 11.3 Å². The molecule has 0 saturated carbocycles. The van der Waals surface area contributed by atoms with Crippen molar-refractivity contribution >= 4 is 23.1 Å². The van der Waals surface area contributed by atoms with Crippen LogP contribution in [-0.2, 0) is 13.5 Å². The van der Waals surface area contributed by atoms with Gasteiger partial charge in [0, 0.05) is 70.5 Å². The van der Waals surface area contributed by atoms with E-state index in [1.165, 1.54) is 4.88 Å². The molecule has 146 valence electrons. The monoisotopic (exact) mass is 389 g/mol. The van der Waals surface area contributed by atoms with Gasteiger partial charge in [0.2, 0.25) is 0 Å². The molecule has 8 nitrogen and oxygen atoms in total. The van der Waals surface area contributed by atoms with Crippen LogP contribution in [0.4, 0.5) is 5.82 Å². The minimum absolute atomic E-state index is 0.0522. The standard InChI is InChI=1S/C18H27N7OS/c1-13-15(27-14(2)22-13)5-6-21-18(19-3)25-11-9-24(10-12-25)16-17(26)23(4)8-7-20-16/h7-8H,5-6,9-12H2,1-4H3,(H,19,21). The van der Waals surface area contributed by atoms with Gasteiger partial charge in [-0.25, -0.2) is 9.97 Å². The number of guanidine groups is 1. The second-order valence-corrected chi connectivity index (χ2v) is 7.89. The van der Waals surface area contributed by atoms with Gasteiger partial charge in [-0.15, -0.1) is 11.3 Å². The van der Waals surface area contributed by atoms with Crippen LogP contribution in [0.15, 0.2) is 22.2 Å². The van der Waals surface area contributed by atoms with Gasteiger partial charge in [0.15, 0.2) is 11.8 Å². The van der Waals surface area contributed by atoms with Gasteiger partial charge in [0.05, 0.1) is 10.7 Å². The number of hydrogen-bond acceptors (Lipinski definition) is 6. The van der Waals surface area contributed by atoms with Gasteiger partial charge in [0.1, 0.15) is 0 Å². The highest BCUT2D eigenvalue weighted by Gasteiger charge is 2.22. The molecule has 0 radical (unpaired) electrons. The molecule has 2 aromatic heterocycles. The first-order valence-electron chi connectivity index (χ1n) is 9.14. The average Bonchev–Trinajstić information content (AvgIpc) is 2.98. The SMILES string of the molecule is CN=C(NCCc1sc(C)nc1C)N1CCN(c2nccn(C)c2=O)CC1. The number of rotatable bonds is 4. The molecule has 9 heteroatoms. The summed E-state index contributed by atoms with van der Waals surface area (Å²) in [7, 11) is 3.56. The Hall–Kier alpha value is -2.42. The van der Waals surface area contributed by atoms with Crippen molar-refractivity contribution < 1.29 is 0 Å². The Morgan fingerprint density at radius 2 is 2.04 bits per heavy atom. The first-order valence-corrected chi connectivity index (χ1v) is 9.96. The Bertz CT molecular complexity index is 865. The van der Waals surface area contributed by atoms with E-state index in [2.05, 4.69) is 37.0 Å². The molecule has 1 aliphatic rings. The second kappa shape index (κ2) is 8.51. The first kappa shape index (κ1) is 19.3. The lowest BCUT2D eigenvalue weighted by Crippen LogP contribution is -2.53. The largest absolute Gasteiger partial charge is 0.356 e. The first-order chi connectivity index (χ1) is 13.0. The molecule has 2 aromatic rings. The molecule has 0 bridgehead atoms. The van der Waals surface area contributed by atoms with Crippen molar-refractivity contribution in [2.45, 2.75) is 20.3 Å². The summed E-state index contributed by atoms with van der Waals surface area (Å²) in [5.41, 5.74) is 1.07.